The zero-order valence-electron chi connectivity index (χ0n) is 5.27. The molecule has 1 N–H and O–H groups in total. The standard InChI is InChI=1S/C6H11NO/c1-3-4-7-5-6(2)8/h3-4,7H,5H2,1-2H3. The molecule has 0 aromatic heterocycles. The van der Waals surface area contributed by atoms with Crippen molar-refractivity contribution < 1.29 is 4.79 Å². The van der Waals surface area contributed by atoms with Crippen LogP contribution in [-0.2, 0) is 4.79 Å². The molecule has 0 amide bonds. The first-order chi connectivity index (χ1) is 3.77. The maximum absolute atomic E-state index is 10.2. The highest BCUT2D eigenvalue weighted by atomic mass is 16.1. The van der Waals surface area contributed by atoms with Crippen molar-refractivity contribution in [2.45, 2.75) is 13.8 Å². The fraction of sp³-hybridized carbons (Fsp3) is 0.500. The number of Topliss-reactive ketones (excluding diaryl/α,β-unsaturated/α-hetero) is 1. The molecule has 0 aliphatic carbocycles. The third-order valence-electron chi connectivity index (χ3n) is 0.636. The Morgan fingerprint density at radius 2 is 2.38 bits per heavy atom. The first kappa shape index (κ1) is 7.21. The molecule has 2 nitrogen and oxygen atoms in total. The summed E-state index contributed by atoms with van der Waals surface area (Å²) in [6.07, 6.45) is 3.60. The van der Waals surface area contributed by atoms with E-state index < -0.39 is 0 Å². The summed E-state index contributed by atoms with van der Waals surface area (Å²) in [5.41, 5.74) is 0. The highest BCUT2D eigenvalue weighted by Gasteiger charge is 1.83. The topological polar surface area (TPSA) is 29.1 Å². The number of ketones is 1. The van der Waals surface area contributed by atoms with E-state index in [0.717, 1.165) is 0 Å². The molecule has 0 bridgehead atoms. The number of carbonyl (C=O) groups is 1. The predicted molar refractivity (Wildman–Crippen MR) is 33.5 cm³/mol. The van der Waals surface area contributed by atoms with E-state index in [2.05, 4.69) is 5.32 Å². The van der Waals surface area contributed by atoms with Gasteiger partial charge >= 0.3 is 0 Å². The predicted octanol–water partition coefficient (Wildman–Crippen LogP) is 0.699. The van der Waals surface area contributed by atoms with Crippen LogP contribution in [0.3, 0.4) is 0 Å². The molecule has 0 unspecified atom stereocenters. The molecule has 0 rings (SSSR count). The Bertz CT molecular complexity index is 96.7. The summed E-state index contributed by atoms with van der Waals surface area (Å²) in [7, 11) is 0. The van der Waals surface area contributed by atoms with Crippen molar-refractivity contribution in [2.24, 2.45) is 0 Å². The number of hydrogen-bond acceptors (Lipinski definition) is 2. The molecule has 0 aromatic rings. The lowest BCUT2D eigenvalue weighted by Gasteiger charge is -1.91. The van der Waals surface area contributed by atoms with Gasteiger partial charge in [0.05, 0.1) is 6.54 Å². The smallest absolute Gasteiger partial charge is 0.148 e. The summed E-state index contributed by atoms with van der Waals surface area (Å²) in [6, 6.07) is 0. The Balaban J connectivity index is 3.05. The van der Waals surface area contributed by atoms with Crippen LogP contribution in [0.4, 0.5) is 0 Å². The second-order valence-electron chi connectivity index (χ2n) is 1.58. The van der Waals surface area contributed by atoms with Crippen molar-refractivity contribution >= 4 is 5.78 Å². The van der Waals surface area contributed by atoms with E-state index in [-0.39, 0.29) is 5.78 Å². The van der Waals surface area contributed by atoms with Crippen LogP contribution in [0.1, 0.15) is 13.8 Å². The van der Waals surface area contributed by atoms with Gasteiger partial charge in [-0.3, -0.25) is 4.79 Å². The molecule has 0 aromatic carbocycles. The van der Waals surface area contributed by atoms with Crippen molar-refractivity contribution in [1.82, 2.24) is 5.32 Å². The minimum atomic E-state index is 0.156. The van der Waals surface area contributed by atoms with Gasteiger partial charge in [0, 0.05) is 0 Å². The van der Waals surface area contributed by atoms with E-state index in [4.69, 9.17) is 0 Å². The summed E-state index contributed by atoms with van der Waals surface area (Å²) in [5.74, 6) is 0.156. The Hall–Kier alpha value is -0.790. The Morgan fingerprint density at radius 1 is 1.75 bits per heavy atom. The molecule has 0 radical (unpaired) electrons. The minimum absolute atomic E-state index is 0.156. The largest absolute Gasteiger partial charge is 0.384 e. The van der Waals surface area contributed by atoms with Crippen LogP contribution in [0.15, 0.2) is 12.3 Å². The van der Waals surface area contributed by atoms with Gasteiger partial charge in [0.25, 0.3) is 0 Å². The third-order valence-corrected chi connectivity index (χ3v) is 0.636. The average molecular weight is 113 g/mol. The van der Waals surface area contributed by atoms with E-state index in [9.17, 15) is 4.79 Å². The molecule has 8 heavy (non-hydrogen) atoms. The van der Waals surface area contributed by atoms with Crippen molar-refractivity contribution in [2.75, 3.05) is 6.54 Å². The van der Waals surface area contributed by atoms with E-state index in [1.807, 2.05) is 13.0 Å². The summed E-state index contributed by atoms with van der Waals surface area (Å²) in [5, 5.41) is 2.80. The molecular formula is C6H11NO. The van der Waals surface area contributed by atoms with Crippen LogP contribution in [0.2, 0.25) is 0 Å². The van der Waals surface area contributed by atoms with E-state index in [1.54, 1.807) is 13.1 Å². The SMILES string of the molecule is CC=CNCC(C)=O. The summed E-state index contributed by atoms with van der Waals surface area (Å²) in [4.78, 5) is 10.2. The maximum Gasteiger partial charge on any atom is 0.148 e. The normalized spacial score (nSPS) is 9.75. The summed E-state index contributed by atoms with van der Waals surface area (Å²) >= 11 is 0. The molecule has 0 heterocycles. The molecule has 0 saturated heterocycles. The number of carbonyl (C=O) groups excluding carboxylic acids is 1. The number of allylic oxidation sites excluding steroid dienone is 1. The van der Waals surface area contributed by atoms with Crippen LogP contribution in [0, 0.1) is 0 Å². The van der Waals surface area contributed by atoms with Gasteiger partial charge in [-0.05, 0) is 20.0 Å². The Morgan fingerprint density at radius 3 is 2.75 bits per heavy atom. The van der Waals surface area contributed by atoms with Gasteiger partial charge in [-0.2, -0.15) is 0 Å². The minimum Gasteiger partial charge on any atom is -0.384 e. The summed E-state index contributed by atoms with van der Waals surface area (Å²) < 4.78 is 0. The average Bonchev–Trinajstić information content (AvgIpc) is 1.66. The quantitative estimate of drug-likeness (QED) is 0.583. The zero-order valence-corrected chi connectivity index (χ0v) is 5.27. The number of rotatable bonds is 3. The second-order valence-corrected chi connectivity index (χ2v) is 1.58. The van der Waals surface area contributed by atoms with Gasteiger partial charge in [-0.25, -0.2) is 0 Å². The summed E-state index contributed by atoms with van der Waals surface area (Å²) in [6.45, 7) is 3.88. The van der Waals surface area contributed by atoms with Gasteiger partial charge in [-0.15, -0.1) is 0 Å². The molecular weight excluding hydrogens is 102 g/mol. The van der Waals surface area contributed by atoms with Crippen molar-refractivity contribution in [1.29, 1.82) is 0 Å². The van der Waals surface area contributed by atoms with Crippen LogP contribution in [0.5, 0.6) is 0 Å². The fourth-order valence-electron chi connectivity index (χ4n) is 0.321. The van der Waals surface area contributed by atoms with Crippen LogP contribution < -0.4 is 5.32 Å². The number of nitrogens with one attached hydrogen (secondary N) is 1. The van der Waals surface area contributed by atoms with Gasteiger partial charge < -0.3 is 5.32 Å². The van der Waals surface area contributed by atoms with E-state index in [0.29, 0.717) is 6.54 Å². The van der Waals surface area contributed by atoms with Gasteiger partial charge in [0.2, 0.25) is 0 Å². The first-order valence-electron chi connectivity index (χ1n) is 2.61. The molecule has 0 spiro atoms. The van der Waals surface area contributed by atoms with E-state index in [1.165, 1.54) is 0 Å². The van der Waals surface area contributed by atoms with Crippen LogP contribution in [-0.4, -0.2) is 12.3 Å². The zero-order chi connectivity index (χ0) is 6.41. The monoisotopic (exact) mass is 113 g/mol. The van der Waals surface area contributed by atoms with Crippen molar-refractivity contribution in [3.05, 3.63) is 12.3 Å². The van der Waals surface area contributed by atoms with Gasteiger partial charge in [-0.1, -0.05) is 6.08 Å². The van der Waals surface area contributed by atoms with Crippen LogP contribution >= 0.6 is 0 Å². The van der Waals surface area contributed by atoms with Crippen molar-refractivity contribution in [3.63, 3.8) is 0 Å². The van der Waals surface area contributed by atoms with Gasteiger partial charge in [0.15, 0.2) is 0 Å². The molecule has 0 aliphatic rings. The van der Waals surface area contributed by atoms with Gasteiger partial charge in [0.1, 0.15) is 5.78 Å². The maximum atomic E-state index is 10.2. The van der Waals surface area contributed by atoms with E-state index >= 15 is 0 Å². The Labute approximate surface area is 49.6 Å². The second kappa shape index (κ2) is 4.37. The number of hydrogen-bond donors (Lipinski definition) is 1. The van der Waals surface area contributed by atoms with Crippen LogP contribution in [0.25, 0.3) is 0 Å². The molecule has 0 atom stereocenters. The lowest BCUT2D eigenvalue weighted by Crippen LogP contribution is -2.13. The lowest BCUT2D eigenvalue weighted by molar-refractivity contribution is -0.116. The highest BCUT2D eigenvalue weighted by molar-refractivity contribution is 5.77. The molecule has 2 heteroatoms. The fourth-order valence-corrected chi connectivity index (χ4v) is 0.321. The molecule has 0 aliphatic heterocycles. The van der Waals surface area contributed by atoms with Crippen molar-refractivity contribution in [3.8, 4) is 0 Å². The molecule has 46 valence electrons. The molecule has 0 saturated carbocycles. The lowest BCUT2D eigenvalue weighted by atomic mass is 10.4. The third kappa shape index (κ3) is 5.21. The first-order valence-corrected chi connectivity index (χ1v) is 2.61. The Kier molecular flexibility index (Phi) is 3.94. The molecule has 0 fully saturated rings. The highest BCUT2D eigenvalue weighted by Crippen LogP contribution is 1.65.